The maximum atomic E-state index is 5.82. The summed E-state index contributed by atoms with van der Waals surface area (Å²) in [4.78, 5) is 8.21. The quantitative estimate of drug-likeness (QED) is 0.804. The van der Waals surface area contributed by atoms with Crippen LogP contribution in [-0.4, -0.2) is 28.2 Å². The molecule has 2 bridgehead atoms. The van der Waals surface area contributed by atoms with Gasteiger partial charge in [-0.25, -0.2) is 9.97 Å². The lowest BCUT2D eigenvalue weighted by atomic mass is 9.95. The van der Waals surface area contributed by atoms with Crippen LogP contribution >= 0.6 is 11.6 Å². The molecule has 86 valence electrons. The van der Waals surface area contributed by atoms with Gasteiger partial charge in [-0.05, 0) is 37.8 Å². The van der Waals surface area contributed by atoms with Crippen molar-refractivity contribution in [2.75, 3.05) is 5.32 Å². The number of hydrogen-bond donors (Lipinski definition) is 1. The lowest BCUT2D eigenvalue weighted by molar-refractivity contribution is 0.102. The molecule has 0 radical (unpaired) electrons. The van der Waals surface area contributed by atoms with E-state index >= 15 is 0 Å². The van der Waals surface area contributed by atoms with E-state index in [1.54, 1.807) is 0 Å². The Bertz CT molecular complexity index is 392. The van der Waals surface area contributed by atoms with Gasteiger partial charge in [0.05, 0.1) is 18.2 Å². The van der Waals surface area contributed by atoms with Gasteiger partial charge in [0.15, 0.2) is 0 Å². The number of aromatic nitrogens is 2. The molecule has 0 saturated carbocycles. The van der Waals surface area contributed by atoms with Gasteiger partial charge in [0.2, 0.25) is 5.28 Å². The smallest absolute Gasteiger partial charge is 0.224 e. The molecule has 3 heterocycles. The second kappa shape index (κ2) is 3.86. The molecule has 2 aliphatic rings. The molecule has 0 aliphatic carbocycles. The maximum Gasteiger partial charge on any atom is 0.224 e. The zero-order valence-corrected chi connectivity index (χ0v) is 9.87. The lowest BCUT2D eigenvalue weighted by Crippen LogP contribution is -2.30. The van der Waals surface area contributed by atoms with Gasteiger partial charge in [0, 0.05) is 11.8 Å². The fourth-order valence-electron chi connectivity index (χ4n) is 2.59. The van der Waals surface area contributed by atoms with Crippen molar-refractivity contribution < 1.29 is 4.74 Å². The van der Waals surface area contributed by atoms with E-state index in [1.165, 1.54) is 6.42 Å². The molecule has 0 amide bonds. The van der Waals surface area contributed by atoms with Crippen LogP contribution < -0.4 is 5.32 Å². The summed E-state index contributed by atoms with van der Waals surface area (Å²) in [5.74, 6) is 0.804. The molecular formula is C11H14ClN3O. The summed E-state index contributed by atoms with van der Waals surface area (Å²) in [7, 11) is 0. The first-order valence-corrected chi connectivity index (χ1v) is 6.02. The largest absolute Gasteiger partial charge is 0.373 e. The number of hydrogen-bond acceptors (Lipinski definition) is 4. The number of fused-ring (bicyclic) bond motifs is 2. The SMILES string of the molecule is Cc1cc(NC2CC3CCC2O3)nc(Cl)n1. The summed E-state index contributed by atoms with van der Waals surface area (Å²) in [6, 6.07) is 2.29. The molecule has 16 heavy (non-hydrogen) atoms. The van der Waals surface area contributed by atoms with Gasteiger partial charge in [-0.15, -0.1) is 0 Å². The average molecular weight is 240 g/mol. The molecule has 5 heteroatoms. The molecule has 3 unspecified atom stereocenters. The van der Waals surface area contributed by atoms with Gasteiger partial charge in [-0.2, -0.15) is 0 Å². The van der Waals surface area contributed by atoms with Crippen molar-refractivity contribution in [3.63, 3.8) is 0 Å². The zero-order chi connectivity index (χ0) is 11.1. The Morgan fingerprint density at radius 2 is 2.31 bits per heavy atom. The Morgan fingerprint density at radius 1 is 1.44 bits per heavy atom. The maximum absolute atomic E-state index is 5.82. The summed E-state index contributed by atoms with van der Waals surface area (Å²) in [5, 5.41) is 3.69. The van der Waals surface area contributed by atoms with Gasteiger partial charge in [-0.3, -0.25) is 0 Å². The Morgan fingerprint density at radius 3 is 2.94 bits per heavy atom. The van der Waals surface area contributed by atoms with E-state index in [2.05, 4.69) is 15.3 Å². The van der Waals surface area contributed by atoms with Crippen LogP contribution in [0.25, 0.3) is 0 Å². The van der Waals surface area contributed by atoms with Crippen molar-refractivity contribution in [1.29, 1.82) is 0 Å². The highest BCUT2D eigenvalue weighted by molar-refractivity contribution is 6.28. The fraction of sp³-hybridized carbons (Fsp3) is 0.636. The van der Waals surface area contributed by atoms with Gasteiger partial charge in [0.1, 0.15) is 5.82 Å². The Kier molecular flexibility index (Phi) is 2.48. The van der Waals surface area contributed by atoms with Crippen molar-refractivity contribution in [2.24, 2.45) is 0 Å². The first-order valence-electron chi connectivity index (χ1n) is 5.64. The summed E-state index contributed by atoms with van der Waals surface area (Å²) in [5.41, 5.74) is 0.881. The Labute approximate surface area is 99.4 Å². The molecule has 2 aliphatic heterocycles. The minimum Gasteiger partial charge on any atom is -0.373 e. The first kappa shape index (κ1) is 10.3. The van der Waals surface area contributed by atoms with Gasteiger partial charge >= 0.3 is 0 Å². The normalized spacial score (nSPS) is 32.0. The van der Waals surface area contributed by atoms with Crippen LogP contribution in [0.5, 0.6) is 0 Å². The lowest BCUT2D eigenvalue weighted by Gasteiger charge is -2.20. The van der Waals surface area contributed by atoms with Crippen LogP contribution in [0.15, 0.2) is 6.07 Å². The van der Waals surface area contributed by atoms with Crippen LogP contribution in [-0.2, 0) is 4.74 Å². The van der Waals surface area contributed by atoms with E-state index in [4.69, 9.17) is 16.3 Å². The van der Waals surface area contributed by atoms with E-state index in [0.29, 0.717) is 23.5 Å². The third-order valence-corrected chi connectivity index (χ3v) is 3.44. The van der Waals surface area contributed by atoms with Gasteiger partial charge in [0.25, 0.3) is 0 Å². The molecule has 3 rings (SSSR count). The molecule has 1 aromatic heterocycles. The average Bonchev–Trinajstić information content (AvgIpc) is 2.77. The number of rotatable bonds is 2. The highest BCUT2D eigenvalue weighted by atomic mass is 35.5. The van der Waals surface area contributed by atoms with Crippen LogP contribution in [0.2, 0.25) is 5.28 Å². The molecule has 1 aromatic rings. The molecule has 0 spiro atoms. The van der Waals surface area contributed by atoms with Crippen molar-refractivity contribution in [2.45, 2.75) is 44.4 Å². The van der Waals surface area contributed by atoms with Crippen LogP contribution in [0, 0.1) is 6.92 Å². The second-order valence-electron chi connectivity index (χ2n) is 4.52. The molecular weight excluding hydrogens is 226 g/mol. The molecule has 2 saturated heterocycles. The van der Waals surface area contributed by atoms with E-state index < -0.39 is 0 Å². The van der Waals surface area contributed by atoms with Crippen molar-refractivity contribution >= 4 is 17.4 Å². The number of ether oxygens (including phenoxy) is 1. The van der Waals surface area contributed by atoms with E-state index in [-0.39, 0.29) is 0 Å². The third-order valence-electron chi connectivity index (χ3n) is 3.27. The van der Waals surface area contributed by atoms with E-state index in [1.807, 2.05) is 13.0 Å². The topological polar surface area (TPSA) is 47.0 Å². The van der Waals surface area contributed by atoms with Gasteiger partial charge < -0.3 is 10.1 Å². The standard InChI is InChI=1S/C11H14ClN3O/c1-6-4-10(15-11(12)13-6)14-8-5-7-2-3-9(8)16-7/h4,7-9H,2-3,5H2,1H3,(H,13,14,15). The van der Waals surface area contributed by atoms with E-state index in [9.17, 15) is 0 Å². The number of aryl methyl sites for hydroxylation is 1. The van der Waals surface area contributed by atoms with Gasteiger partial charge in [-0.1, -0.05) is 0 Å². The summed E-state index contributed by atoms with van der Waals surface area (Å²) in [6.07, 6.45) is 4.22. The minimum atomic E-state index is 0.298. The first-order chi connectivity index (χ1) is 7.70. The highest BCUT2D eigenvalue weighted by Gasteiger charge is 2.40. The number of anilines is 1. The number of nitrogens with zero attached hydrogens (tertiary/aromatic N) is 2. The zero-order valence-electron chi connectivity index (χ0n) is 9.11. The third kappa shape index (κ3) is 1.87. The van der Waals surface area contributed by atoms with Crippen LogP contribution in [0.4, 0.5) is 5.82 Å². The van der Waals surface area contributed by atoms with Crippen molar-refractivity contribution in [3.8, 4) is 0 Å². The van der Waals surface area contributed by atoms with Crippen molar-refractivity contribution in [3.05, 3.63) is 17.0 Å². The summed E-state index contributed by atoms with van der Waals surface area (Å²) in [6.45, 7) is 1.91. The molecule has 1 N–H and O–H groups in total. The van der Waals surface area contributed by atoms with Crippen molar-refractivity contribution in [1.82, 2.24) is 9.97 Å². The van der Waals surface area contributed by atoms with Crippen LogP contribution in [0.1, 0.15) is 25.0 Å². The Hall–Kier alpha value is -0.870. The minimum absolute atomic E-state index is 0.298. The number of nitrogens with one attached hydrogen (secondary N) is 1. The van der Waals surface area contributed by atoms with E-state index in [0.717, 1.165) is 24.4 Å². The molecule has 2 fully saturated rings. The predicted molar refractivity (Wildman–Crippen MR) is 61.7 cm³/mol. The predicted octanol–water partition coefficient (Wildman–Crippen LogP) is 2.17. The monoisotopic (exact) mass is 239 g/mol. The van der Waals surface area contributed by atoms with Crippen LogP contribution in [0.3, 0.4) is 0 Å². The highest BCUT2D eigenvalue weighted by Crippen LogP contribution is 2.35. The molecule has 0 aromatic carbocycles. The molecule has 3 atom stereocenters. The number of halogens is 1. The Balaban J connectivity index is 1.74. The molecule has 4 nitrogen and oxygen atoms in total. The second-order valence-corrected chi connectivity index (χ2v) is 4.86. The summed E-state index contributed by atoms with van der Waals surface area (Å²) >= 11 is 5.82. The summed E-state index contributed by atoms with van der Waals surface area (Å²) < 4.78 is 5.78. The fourth-order valence-corrected chi connectivity index (χ4v) is 2.81.